The van der Waals surface area contributed by atoms with Crippen LogP contribution in [0.15, 0.2) is 16.3 Å². The number of halogens is 1. The van der Waals surface area contributed by atoms with Crippen LogP contribution >= 0.6 is 9.24 Å². The molecule has 174 valence electrons. The van der Waals surface area contributed by atoms with Crippen LogP contribution in [-0.2, 0) is 0 Å². The summed E-state index contributed by atoms with van der Waals surface area (Å²) in [6, 6.07) is 0.0679. The van der Waals surface area contributed by atoms with E-state index in [1.54, 1.807) is 11.1 Å². The van der Waals surface area contributed by atoms with Gasteiger partial charge in [-0.1, -0.05) is 52.3 Å². The Morgan fingerprint density at radius 2 is 1.67 bits per heavy atom. The van der Waals surface area contributed by atoms with E-state index in [1.807, 2.05) is 0 Å². The summed E-state index contributed by atoms with van der Waals surface area (Å²) < 4.78 is 0. The van der Waals surface area contributed by atoms with Gasteiger partial charge in [0.25, 0.3) is 0 Å². The monoisotopic (exact) mass is 549 g/mol. The van der Waals surface area contributed by atoms with Crippen molar-refractivity contribution in [2.45, 2.75) is 122 Å². The minimum Gasteiger partial charge on any atom is -1.00 e. The third-order valence-corrected chi connectivity index (χ3v) is 9.36. The van der Waals surface area contributed by atoms with Crippen LogP contribution in [0.2, 0.25) is 0 Å². The van der Waals surface area contributed by atoms with E-state index in [1.165, 1.54) is 56.4 Å². The zero-order valence-corrected chi connectivity index (χ0v) is 23.0. The number of hydrogen-bond donors (Lipinski definition) is 2. The second-order valence-corrected chi connectivity index (χ2v) is 12.0. The first-order chi connectivity index (χ1) is 13.8. The molecule has 0 amide bonds. The van der Waals surface area contributed by atoms with Crippen LogP contribution in [0.4, 0.5) is 0 Å². The molecule has 30 heavy (non-hydrogen) atoms. The van der Waals surface area contributed by atoms with Gasteiger partial charge in [-0.05, 0) is 77.0 Å². The summed E-state index contributed by atoms with van der Waals surface area (Å²) in [6.45, 7) is 9.34. The molecule has 0 radical (unpaired) electrons. The summed E-state index contributed by atoms with van der Waals surface area (Å²) in [5, 5.41) is 4.61. The Balaban J connectivity index is 0.00000320. The van der Waals surface area contributed by atoms with Crippen molar-refractivity contribution in [3.63, 3.8) is 0 Å². The number of hydrogen-bond acceptors (Lipinski definition) is 3. The summed E-state index contributed by atoms with van der Waals surface area (Å²) in [5.74, 6) is 9.01. The van der Waals surface area contributed by atoms with Crippen molar-refractivity contribution in [1.82, 2.24) is 0 Å². The third-order valence-electron chi connectivity index (χ3n) is 8.76. The minimum absolute atomic E-state index is 0. The summed E-state index contributed by atoms with van der Waals surface area (Å²) >= 11 is 0. The second kappa shape index (κ2) is 11.0. The van der Waals surface area contributed by atoms with E-state index < -0.39 is 0 Å². The van der Waals surface area contributed by atoms with E-state index in [4.69, 9.17) is 5.84 Å². The van der Waals surface area contributed by atoms with Gasteiger partial charge in [0.05, 0.1) is 6.04 Å². The van der Waals surface area contributed by atoms with Crippen molar-refractivity contribution in [2.75, 3.05) is 0 Å². The molecule has 0 heterocycles. The Bertz CT molecular complexity index is 626. The highest BCUT2D eigenvalue weighted by atomic mass is 127. The lowest BCUT2D eigenvalue weighted by Crippen LogP contribution is -3.30. The highest BCUT2D eigenvalue weighted by Crippen LogP contribution is 2.52. The molecule has 3 rings (SSSR count). The number of allylic oxidation sites excluding steroid dienone is 2. The molecule has 6 heteroatoms. The van der Waals surface area contributed by atoms with Gasteiger partial charge in [0.1, 0.15) is 10.8 Å². The Hall–Kier alpha value is 0.420. The van der Waals surface area contributed by atoms with Gasteiger partial charge in [-0.2, -0.15) is 10.7 Å². The lowest BCUT2D eigenvalue weighted by Gasteiger charge is -2.49. The molecule has 8 atom stereocenters. The van der Waals surface area contributed by atoms with E-state index in [-0.39, 0.29) is 40.8 Å². The maximum Gasteiger partial charge on any atom is 0.124 e. The van der Waals surface area contributed by atoms with Gasteiger partial charge in [0.15, 0.2) is 0 Å². The summed E-state index contributed by atoms with van der Waals surface area (Å²) in [4.78, 5) is 11.0. The molecular weight excluding hydrogens is 504 g/mol. The number of quaternary nitrogens is 1. The van der Waals surface area contributed by atoms with Gasteiger partial charge in [-0.25, -0.2) is 5.01 Å². The second-order valence-electron chi connectivity index (χ2n) is 10.8. The minimum atomic E-state index is 0. The van der Waals surface area contributed by atoms with Crippen LogP contribution in [0.1, 0.15) is 105 Å². The van der Waals surface area contributed by atoms with E-state index in [0.717, 1.165) is 31.6 Å². The molecule has 3 aliphatic rings. The molecule has 0 aromatic carbocycles. The fourth-order valence-electron chi connectivity index (χ4n) is 6.64. The molecule has 0 spiro atoms. The zero-order valence-electron chi connectivity index (χ0n) is 19.7. The highest BCUT2D eigenvalue weighted by Gasteiger charge is 2.50. The Labute approximate surface area is 204 Å². The molecule has 3 aliphatic carbocycles. The molecule has 0 bridgehead atoms. The van der Waals surface area contributed by atoms with Crippen LogP contribution < -0.4 is 34.8 Å². The van der Waals surface area contributed by atoms with Crippen molar-refractivity contribution >= 4 is 9.24 Å². The number of nitrogens with zero attached hydrogens (tertiary/aromatic N) is 1. The summed E-state index contributed by atoms with van der Waals surface area (Å²) in [5.41, 5.74) is 3.59. The number of rotatable bonds is 9. The lowest BCUT2D eigenvalue weighted by atomic mass is 9.69. The van der Waals surface area contributed by atoms with Crippen LogP contribution in [-0.4, -0.2) is 16.9 Å². The molecule has 0 aromatic heterocycles. The van der Waals surface area contributed by atoms with Gasteiger partial charge in [0, 0.05) is 18.8 Å². The third kappa shape index (κ3) is 5.66. The number of nitrogens with one attached hydrogen (secondary N) is 1. The zero-order chi connectivity index (χ0) is 21.2. The summed E-state index contributed by atoms with van der Waals surface area (Å²) in [7, 11) is 3.07. The molecule has 4 nitrogen and oxygen atoms in total. The normalized spacial score (nSPS) is 34.3. The first-order valence-electron chi connectivity index (χ1n) is 12.2. The van der Waals surface area contributed by atoms with Gasteiger partial charge in [-0.15, -0.1) is 0 Å². The quantitative estimate of drug-likeness (QED) is 0.116. The van der Waals surface area contributed by atoms with Gasteiger partial charge in [0.2, 0.25) is 0 Å². The van der Waals surface area contributed by atoms with Crippen molar-refractivity contribution < 1.29 is 29.0 Å². The highest BCUT2D eigenvalue weighted by molar-refractivity contribution is 7.18. The van der Waals surface area contributed by atoms with Gasteiger partial charge >= 0.3 is 0 Å². The predicted molar refractivity (Wildman–Crippen MR) is 126 cm³/mol. The Morgan fingerprint density at radius 3 is 2.23 bits per heavy atom. The molecule has 2 saturated carbocycles. The largest absolute Gasteiger partial charge is 1.00 e. The molecule has 0 aromatic rings. The topological polar surface area (TPSA) is 59.9 Å². The first-order valence-corrected chi connectivity index (χ1v) is 12.8. The molecule has 2 fully saturated rings. The Morgan fingerprint density at radius 1 is 1.07 bits per heavy atom. The van der Waals surface area contributed by atoms with Crippen LogP contribution in [0.5, 0.6) is 0 Å². The van der Waals surface area contributed by atoms with E-state index >= 15 is 0 Å². The smallest absolute Gasteiger partial charge is 0.124 e. The van der Waals surface area contributed by atoms with E-state index in [9.17, 15) is 4.91 Å². The maximum absolute atomic E-state index is 11.0. The van der Waals surface area contributed by atoms with E-state index in [0.29, 0.717) is 11.8 Å². The van der Waals surface area contributed by atoms with Crippen molar-refractivity contribution in [3.8, 4) is 0 Å². The fourth-order valence-corrected chi connectivity index (χ4v) is 7.26. The Kier molecular flexibility index (Phi) is 9.80. The average Bonchev–Trinajstić information content (AvgIpc) is 3.54. The van der Waals surface area contributed by atoms with Crippen molar-refractivity contribution in [2.24, 2.45) is 28.8 Å². The number of nitrogens with two attached hydrogens (primary N) is 1. The number of nitroso groups, excluding NO2 is 1. The van der Waals surface area contributed by atoms with Crippen LogP contribution in [0, 0.1) is 22.7 Å². The average molecular weight is 550 g/mol. The fraction of sp³-hybridized carbons (Fsp3) is 0.917. The lowest BCUT2D eigenvalue weighted by molar-refractivity contribution is -0.999. The predicted octanol–water partition coefficient (Wildman–Crippen LogP) is 2.14. The standard InChI is InChI=1S/C24H44N3OP.HI/c1-5-13-24(4,29)27(25)23(3,6-2)19-11-7-9-17(14-19)21-16-22(21)18-10-8-12-20(15-18)26-28;/h17-20H,5-16,25,29H2,1-4H3;1H. The van der Waals surface area contributed by atoms with Crippen molar-refractivity contribution in [3.05, 3.63) is 16.1 Å². The maximum atomic E-state index is 11.0. The van der Waals surface area contributed by atoms with Crippen LogP contribution in [0.3, 0.4) is 0 Å². The SMILES string of the molecule is CCCC(C)(P)[NH+](N)C(C)(CC)C1CCCC(C2=C(C3CCCC(N=O)C3)C2)C1.[I-]. The molecule has 3 N–H and O–H groups in total. The molecule has 0 saturated heterocycles. The van der Waals surface area contributed by atoms with Gasteiger partial charge < -0.3 is 24.0 Å². The summed E-state index contributed by atoms with van der Waals surface area (Å²) in [6.07, 6.45) is 14.4. The molecule has 8 unspecified atom stereocenters. The van der Waals surface area contributed by atoms with Crippen LogP contribution in [0.25, 0.3) is 0 Å². The molecular formula is C24H45IN3OP. The van der Waals surface area contributed by atoms with E-state index in [2.05, 4.69) is 42.1 Å². The molecule has 0 aliphatic heterocycles. The van der Waals surface area contributed by atoms with Gasteiger partial charge in [-0.3, -0.25) is 0 Å². The first kappa shape index (κ1) is 26.7. The van der Waals surface area contributed by atoms with Crippen molar-refractivity contribution in [1.29, 1.82) is 0 Å².